The standard InChI is InChI=1S/C27H34ClN5O2S/c1-4-35-24-8-6-5-7-23(24)31-15-17-32(18-16-31)26(34)13-14-33(20(2)3)27-29-25(30-36-27)19-21-9-11-22(28)12-10-21/h5-12,20H,4,13-19H2,1-3H3. The van der Waals surface area contributed by atoms with Crippen molar-refractivity contribution in [1.29, 1.82) is 0 Å². The second kappa shape index (κ2) is 12.4. The number of benzene rings is 2. The number of aromatic nitrogens is 2. The molecule has 0 bridgehead atoms. The van der Waals surface area contributed by atoms with Gasteiger partial charge in [-0.15, -0.1) is 0 Å². The van der Waals surface area contributed by atoms with Gasteiger partial charge in [0, 0.05) is 68.2 Å². The van der Waals surface area contributed by atoms with E-state index in [-0.39, 0.29) is 11.9 Å². The summed E-state index contributed by atoms with van der Waals surface area (Å²) in [6.07, 6.45) is 1.12. The predicted octanol–water partition coefficient (Wildman–Crippen LogP) is 5.13. The Balaban J connectivity index is 1.30. The van der Waals surface area contributed by atoms with Crippen LogP contribution in [-0.4, -0.2) is 65.5 Å². The summed E-state index contributed by atoms with van der Waals surface area (Å²) in [5, 5.41) is 1.58. The van der Waals surface area contributed by atoms with Gasteiger partial charge in [0.2, 0.25) is 11.0 Å². The molecule has 0 spiro atoms. The summed E-state index contributed by atoms with van der Waals surface area (Å²) >= 11 is 7.38. The molecule has 0 N–H and O–H groups in total. The third-order valence-electron chi connectivity index (χ3n) is 6.31. The number of hydrogen-bond acceptors (Lipinski definition) is 7. The molecule has 1 aliphatic heterocycles. The lowest BCUT2D eigenvalue weighted by Crippen LogP contribution is -2.49. The van der Waals surface area contributed by atoms with E-state index in [0.717, 1.165) is 46.1 Å². The third-order valence-corrected chi connectivity index (χ3v) is 7.35. The maximum Gasteiger partial charge on any atom is 0.224 e. The number of piperazine rings is 1. The van der Waals surface area contributed by atoms with Crippen molar-refractivity contribution >= 4 is 39.9 Å². The van der Waals surface area contributed by atoms with Crippen molar-refractivity contribution in [2.45, 2.75) is 39.7 Å². The summed E-state index contributed by atoms with van der Waals surface area (Å²) in [6.45, 7) is 10.5. The van der Waals surface area contributed by atoms with Gasteiger partial charge >= 0.3 is 0 Å². The minimum absolute atomic E-state index is 0.185. The molecule has 1 amide bonds. The van der Waals surface area contributed by atoms with Crippen LogP contribution in [0, 0.1) is 0 Å². The van der Waals surface area contributed by atoms with Gasteiger partial charge in [0.15, 0.2) is 0 Å². The number of hydrogen-bond donors (Lipinski definition) is 0. The molecule has 7 nitrogen and oxygen atoms in total. The summed E-state index contributed by atoms with van der Waals surface area (Å²) < 4.78 is 10.3. The van der Waals surface area contributed by atoms with Crippen LogP contribution in [0.4, 0.5) is 10.8 Å². The molecule has 192 valence electrons. The molecule has 9 heteroatoms. The van der Waals surface area contributed by atoms with Crippen molar-refractivity contribution in [3.8, 4) is 5.75 Å². The van der Waals surface area contributed by atoms with Crippen LogP contribution in [0.5, 0.6) is 5.75 Å². The average molecular weight is 528 g/mol. The van der Waals surface area contributed by atoms with Gasteiger partial charge in [0.25, 0.3) is 0 Å². The molecule has 0 aliphatic carbocycles. The zero-order chi connectivity index (χ0) is 25.5. The van der Waals surface area contributed by atoms with Crippen molar-refractivity contribution in [3.63, 3.8) is 0 Å². The largest absolute Gasteiger partial charge is 0.492 e. The molecule has 4 rings (SSSR count). The second-order valence-electron chi connectivity index (χ2n) is 9.10. The van der Waals surface area contributed by atoms with E-state index in [1.807, 2.05) is 54.3 Å². The Hall–Kier alpha value is -2.84. The fourth-order valence-corrected chi connectivity index (χ4v) is 5.33. The van der Waals surface area contributed by atoms with Crippen LogP contribution in [0.3, 0.4) is 0 Å². The number of ether oxygens (including phenoxy) is 1. The molecule has 2 aromatic carbocycles. The van der Waals surface area contributed by atoms with Crippen LogP contribution in [0.25, 0.3) is 0 Å². The number of rotatable bonds is 10. The first-order valence-corrected chi connectivity index (χ1v) is 13.7. The lowest BCUT2D eigenvalue weighted by atomic mass is 10.1. The summed E-state index contributed by atoms with van der Waals surface area (Å²) in [6, 6.07) is 16.1. The molecule has 1 fully saturated rings. The van der Waals surface area contributed by atoms with Gasteiger partial charge in [-0.1, -0.05) is 35.9 Å². The van der Waals surface area contributed by atoms with Crippen LogP contribution < -0.4 is 14.5 Å². The van der Waals surface area contributed by atoms with Crippen LogP contribution in [0.15, 0.2) is 48.5 Å². The number of amides is 1. The maximum absolute atomic E-state index is 13.1. The minimum atomic E-state index is 0.185. The second-order valence-corrected chi connectivity index (χ2v) is 10.3. The lowest BCUT2D eigenvalue weighted by molar-refractivity contribution is -0.131. The number of carbonyl (C=O) groups excluding carboxylic acids is 1. The predicted molar refractivity (Wildman–Crippen MR) is 148 cm³/mol. The number of anilines is 2. The van der Waals surface area contributed by atoms with E-state index in [1.54, 1.807) is 0 Å². The summed E-state index contributed by atoms with van der Waals surface area (Å²) in [5.41, 5.74) is 2.22. The average Bonchev–Trinajstić information content (AvgIpc) is 3.34. The van der Waals surface area contributed by atoms with E-state index in [1.165, 1.54) is 11.5 Å². The monoisotopic (exact) mass is 527 g/mol. The van der Waals surface area contributed by atoms with E-state index in [0.29, 0.717) is 39.1 Å². The van der Waals surface area contributed by atoms with E-state index >= 15 is 0 Å². The van der Waals surface area contributed by atoms with Crippen molar-refractivity contribution in [2.24, 2.45) is 0 Å². The molecular formula is C27H34ClN5O2S. The molecule has 1 saturated heterocycles. The van der Waals surface area contributed by atoms with Gasteiger partial charge in [-0.25, -0.2) is 4.98 Å². The van der Waals surface area contributed by atoms with Gasteiger partial charge in [-0.05, 0) is 50.6 Å². The fraction of sp³-hybridized carbons (Fsp3) is 0.444. The SMILES string of the molecule is CCOc1ccccc1N1CCN(C(=O)CCN(c2nc(Cc3ccc(Cl)cc3)ns2)C(C)C)CC1. The Morgan fingerprint density at radius 2 is 1.83 bits per heavy atom. The molecule has 0 saturated carbocycles. The van der Waals surface area contributed by atoms with E-state index in [2.05, 4.69) is 34.1 Å². The molecule has 1 aromatic heterocycles. The number of carbonyl (C=O) groups is 1. The van der Waals surface area contributed by atoms with Gasteiger partial charge in [0.1, 0.15) is 11.6 Å². The van der Waals surface area contributed by atoms with Gasteiger partial charge in [-0.3, -0.25) is 4.79 Å². The highest BCUT2D eigenvalue weighted by atomic mass is 35.5. The topological polar surface area (TPSA) is 61.8 Å². The van der Waals surface area contributed by atoms with Crippen LogP contribution in [0.2, 0.25) is 5.02 Å². The van der Waals surface area contributed by atoms with Crippen molar-refractivity contribution in [2.75, 3.05) is 49.1 Å². The third kappa shape index (κ3) is 6.68. The van der Waals surface area contributed by atoms with Crippen LogP contribution >= 0.6 is 23.1 Å². The Labute approximate surface area is 222 Å². The molecule has 0 unspecified atom stereocenters. The maximum atomic E-state index is 13.1. The molecule has 0 radical (unpaired) electrons. The quantitative estimate of drug-likeness (QED) is 0.364. The summed E-state index contributed by atoms with van der Waals surface area (Å²) in [4.78, 5) is 24.3. The molecular weight excluding hydrogens is 494 g/mol. The molecule has 36 heavy (non-hydrogen) atoms. The zero-order valence-corrected chi connectivity index (χ0v) is 22.8. The highest BCUT2D eigenvalue weighted by molar-refractivity contribution is 7.09. The highest BCUT2D eigenvalue weighted by Gasteiger charge is 2.24. The van der Waals surface area contributed by atoms with E-state index in [4.69, 9.17) is 21.3 Å². The minimum Gasteiger partial charge on any atom is -0.492 e. The van der Waals surface area contributed by atoms with Crippen LogP contribution in [-0.2, 0) is 11.2 Å². The smallest absolute Gasteiger partial charge is 0.224 e. The van der Waals surface area contributed by atoms with E-state index in [9.17, 15) is 4.79 Å². The molecule has 1 aliphatic rings. The number of para-hydroxylation sites is 2. The fourth-order valence-electron chi connectivity index (χ4n) is 4.36. The van der Waals surface area contributed by atoms with Crippen molar-refractivity contribution in [1.82, 2.24) is 14.3 Å². The number of halogens is 1. The lowest BCUT2D eigenvalue weighted by Gasteiger charge is -2.37. The normalized spacial score (nSPS) is 13.8. The number of nitrogens with zero attached hydrogens (tertiary/aromatic N) is 5. The zero-order valence-electron chi connectivity index (χ0n) is 21.2. The Morgan fingerprint density at radius 1 is 1.11 bits per heavy atom. The molecule has 3 aromatic rings. The first kappa shape index (κ1) is 26.2. The van der Waals surface area contributed by atoms with Gasteiger partial charge < -0.3 is 19.4 Å². The van der Waals surface area contributed by atoms with Crippen molar-refractivity contribution in [3.05, 3.63) is 64.9 Å². The molecule has 0 atom stereocenters. The van der Waals surface area contributed by atoms with Crippen molar-refractivity contribution < 1.29 is 9.53 Å². The Bertz CT molecular complexity index is 1130. The molecule has 2 heterocycles. The first-order valence-electron chi connectivity index (χ1n) is 12.5. The Morgan fingerprint density at radius 3 is 2.53 bits per heavy atom. The first-order chi connectivity index (χ1) is 17.4. The Kier molecular flexibility index (Phi) is 9.04. The summed E-state index contributed by atoms with van der Waals surface area (Å²) in [5.74, 6) is 1.88. The van der Waals surface area contributed by atoms with E-state index < -0.39 is 0 Å². The van der Waals surface area contributed by atoms with Gasteiger partial charge in [0.05, 0.1) is 12.3 Å². The highest BCUT2D eigenvalue weighted by Crippen LogP contribution is 2.29. The van der Waals surface area contributed by atoms with Crippen LogP contribution in [0.1, 0.15) is 38.6 Å². The summed E-state index contributed by atoms with van der Waals surface area (Å²) in [7, 11) is 0. The van der Waals surface area contributed by atoms with Gasteiger partial charge in [-0.2, -0.15) is 4.37 Å².